The molecular weight excluding hydrogens is 404 g/mol. The molecule has 1 fully saturated rings. The average Bonchev–Trinajstić information content (AvgIpc) is 3.05. The smallest absolute Gasteiger partial charge is 0.334 e. The van der Waals surface area contributed by atoms with Crippen LogP contribution in [-0.2, 0) is 33.4 Å². The predicted octanol–water partition coefficient (Wildman–Crippen LogP) is 2.92. The normalized spacial score (nSPS) is 17.8. The lowest BCUT2D eigenvalue weighted by atomic mass is 10.0. The molecule has 8 nitrogen and oxygen atoms in total. The minimum atomic E-state index is -0.827. The van der Waals surface area contributed by atoms with E-state index in [1.807, 2.05) is 0 Å². The number of rotatable bonds is 8. The quantitative estimate of drug-likeness (QED) is 0.205. The number of ether oxygens (including phenoxy) is 4. The van der Waals surface area contributed by atoms with Gasteiger partial charge in [0.2, 0.25) is 0 Å². The van der Waals surface area contributed by atoms with Gasteiger partial charge in [-0.2, -0.15) is 0 Å². The minimum Gasteiger partial charge on any atom is -0.462 e. The molecule has 0 radical (unpaired) electrons. The fourth-order valence-corrected chi connectivity index (χ4v) is 2.79. The highest BCUT2D eigenvalue weighted by Gasteiger charge is 2.37. The molecular formula is C23H24O8. The van der Waals surface area contributed by atoms with Crippen molar-refractivity contribution in [3.63, 3.8) is 0 Å². The first kappa shape index (κ1) is 23.6. The number of hydrogen-bond donors (Lipinski definition) is 0. The molecule has 0 spiro atoms. The monoisotopic (exact) mass is 428 g/mol. The molecule has 2 rings (SSSR count). The van der Waals surface area contributed by atoms with E-state index in [0.717, 1.165) is 0 Å². The molecule has 8 heteroatoms. The second-order valence-corrected chi connectivity index (χ2v) is 6.88. The van der Waals surface area contributed by atoms with E-state index >= 15 is 0 Å². The van der Waals surface area contributed by atoms with E-state index in [4.69, 9.17) is 18.9 Å². The molecule has 0 N–H and O–H groups in total. The number of carbonyl (C=O) groups is 4. The van der Waals surface area contributed by atoms with Crippen LogP contribution in [0.1, 0.15) is 32.8 Å². The van der Waals surface area contributed by atoms with Gasteiger partial charge < -0.3 is 18.9 Å². The molecule has 0 saturated carbocycles. The molecule has 164 valence electrons. The first-order valence-electron chi connectivity index (χ1n) is 9.51. The van der Waals surface area contributed by atoms with Crippen LogP contribution in [0.2, 0.25) is 0 Å². The molecule has 0 amide bonds. The summed E-state index contributed by atoms with van der Waals surface area (Å²) in [6.07, 6.45) is 2.92. The third-order valence-corrected chi connectivity index (χ3v) is 4.18. The Kier molecular flexibility index (Phi) is 8.31. The van der Waals surface area contributed by atoms with E-state index in [0.29, 0.717) is 22.5 Å². The number of esters is 4. The summed E-state index contributed by atoms with van der Waals surface area (Å²) in [5.41, 5.74) is 1.56. The van der Waals surface area contributed by atoms with Gasteiger partial charge in [0, 0.05) is 31.9 Å². The van der Waals surface area contributed by atoms with Gasteiger partial charge in [-0.25, -0.2) is 9.59 Å². The fourth-order valence-electron chi connectivity index (χ4n) is 2.79. The summed E-state index contributed by atoms with van der Waals surface area (Å²) in [6, 6.07) is 6.56. The van der Waals surface area contributed by atoms with E-state index in [-0.39, 0.29) is 13.0 Å². The van der Waals surface area contributed by atoms with Crippen molar-refractivity contribution in [3.05, 3.63) is 59.7 Å². The Morgan fingerprint density at radius 1 is 1.16 bits per heavy atom. The van der Waals surface area contributed by atoms with Crippen LogP contribution in [0.3, 0.4) is 0 Å². The van der Waals surface area contributed by atoms with Crippen molar-refractivity contribution < 1.29 is 38.1 Å². The van der Waals surface area contributed by atoms with E-state index in [9.17, 15) is 19.2 Å². The lowest BCUT2D eigenvalue weighted by molar-refractivity contribution is -0.154. The highest BCUT2D eigenvalue weighted by Crippen LogP contribution is 2.27. The number of cyclic esters (lactones) is 1. The van der Waals surface area contributed by atoms with Crippen molar-refractivity contribution in [2.24, 2.45) is 0 Å². The molecule has 0 aliphatic carbocycles. The van der Waals surface area contributed by atoms with Crippen LogP contribution >= 0.6 is 0 Å². The Morgan fingerprint density at radius 2 is 1.84 bits per heavy atom. The molecule has 1 aliphatic heterocycles. The van der Waals surface area contributed by atoms with E-state index in [1.54, 1.807) is 37.3 Å². The summed E-state index contributed by atoms with van der Waals surface area (Å²) in [7, 11) is 0. The Balaban J connectivity index is 1.98. The van der Waals surface area contributed by atoms with Gasteiger partial charge in [0.05, 0.1) is 0 Å². The third-order valence-electron chi connectivity index (χ3n) is 4.18. The summed E-state index contributed by atoms with van der Waals surface area (Å²) >= 11 is 0. The van der Waals surface area contributed by atoms with E-state index in [1.165, 1.54) is 26.0 Å². The summed E-state index contributed by atoms with van der Waals surface area (Å²) in [5.74, 6) is -1.67. The molecule has 1 aromatic rings. The van der Waals surface area contributed by atoms with E-state index < -0.39 is 36.1 Å². The van der Waals surface area contributed by atoms with Gasteiger partial charge >= 0.3 is 23.9 Å². The van der Waals surface area contributed by atoms with Crippen LogP contribution in [0, 0.1) is 0 Å². The van der Waals surface area contributed by atoms with Crippen LogP contribution < -0.4 is 4.74 Å². The van der Waals surface area contributed by atoms with Crippen molar-refractivity contribution in [3.8, 4) is 5.75 Å². The molecule has 0 bridgehead atoms. The molecule has 2 atom stereocenters. The molecule has 1 aliphatic rings. The lowest BCUT2D eigenvalue weighted by Gasteiger charge is -2.22. The molecule has 1 saturated heterocycles. The molecule has 1 aromatic carbocycles. The molecule has 0 aromatic heterocycles. The maximum atomic E-state index is 12.3. The van der Waals surface area contributed by atoms with Crippen molar-refractivity contribution in [2.45, 2.75) is 39.4 Å². The summed E-state index contributed by atoms with van der Waals surface area (Å²) in [5, 5.41) is 0. The highest BCUT2D eigenvalue weighted by molar-refractivity contribution is 5.91. The molecule has 0 unspecified atom stereocenters. The van der Waals surface area contributed by atoms with Crippen molar-refractivity contribution in [1.29, 1.82) is 0 Å². The van der Waals surface area contributed by atoms with Crippen molar-refractivity contribution >= 4 is 30.0 Å². The van der Waals surface area contributed by atoms with E-state index in [2.05, 4.69) is 6.58 Å². The highest BCUT2D eigenvalue weighted by atomic mass is 16.6. The lowest BCUT2D eigenvalue weighted by Crippen LogP contribution is -2.31. The van der Waals surface area contributed by atoms with Gasteiger partial charge in [-0.3, -0.25) is 9.59 Å². The summed E-state index contributed by atoms with van der Waals surface area (Å²) < 4.78 is 20.5. The summed E-state index contributed by atoms with van der Waals surface area (Å²) in [4.78, 5) is 46.1. The van der Waals surface area contributed by atoms with Gasteiger partial charge in [0.25, 0.3) is 0 Å². The fraction of sp³-hybridized carbons (Fsp3) is 0.304. The Labute approximate surface area is 180 Å². The van der Waals surface area contributed by atoms with Crippen LogP contribution in [-0.4, -0.2) is 42.7 Å². The number of benzene rings is 1. The Bertz CT molecular complexity index is 923. The van der Waals surface area contributed by atoms with Crippen LogP contribution in [0.15, 0.2) is 54.1 Å². The van der Waals surface area contributed by atoms with Crippen LogP contribution in [0.5, 0.6) is 5.75 Å². The number of carbonyl (C=O) groups excluding carboxylic acids is 4. The van der Waals surface area contributed by atoms with Crippen molar-refractivity contribution in [1.82, 2.24) is 0 Å². The maximum Gasteiger partial charge on any atom is 0.334 e. The zero-order valence-electron chi connectivity index (χ0n) is 17.6. The maximum absolute atomic E-state index is 12.3. The second-order valence-electron chi connectivity index (χ2n) is 6.88. The SMILES string of the molecule is C=C(C)[C@@H](OC(=O)/C=C/c1ccc(OC(C)=O)cc1)[C@@H]1C/C(=C/COC(C)=O)C(=O)O1. The minimum absolute atomic E-state index is 0.0387. The summed E-state index contributed by atoms with van der Waals surface area (Å²) in [6.45, 7) is 8.03. The average molecular weight is 428 g/mol. The first-order chi connectivity index (χ1) is 14.7. The van der Waals surface area contributed by atoms with Gasteiger partial charge in [-0.05, 0) is 42.3 Å². The Hall–Kier alpha value is -3.68. The Morgan fingerprint density at radius 3 is 2.42 bits per heavy atom. The zero-order chi connectivity index (χ0) is 23.0. The largest absolute Gasteiger partial charge is 0.462 e. The van der Waals surface area contributed by atoms with Crippen LogP contribution in [0.4, 0.5) is 0 Å². The first-order valence-corrected chi connectivity index (χ1v) is 9.51. The van der Waals surface area contributed by atoms with Crippen molar-refractivity contribution in [2.75, 3.05) is 6.61 Å². The number of hydrogen-bond acceptors (Lipinski definition) is 8. The van der Waals surface area contributed by atoms with Gasteiger partial charge in [-0.15, -0.1) is 0 Å². The molecule has 1 heterocycles. The zero-order valence-corrected chi connectivity index (χ0v) is 17.6. The third kappa shape index (κ3) is 7.58. The van der Waals surface area contributed by atoms with Crippen LogP contribution in [0.25, 0.3) is 6.08 Å². The molecule has 31 heavy (non-hydrogen) atoms. The predicted molar refractivity (Wildman–Crippen MR) is 111 cm³/mol. The standard InChI is InChI=1S/C23H24O8/c1-14(2)22(20-13-18(23(27)30-20)11-12-28-15(3)24)31-21(26)10-7-17-5-8-19(9-6-17)29-16(4)25/h5-11,20,22H,1,12-13H2,2-4H3/b10-7+,18-11-/t20-,22+/m0/s1. The van der Waals surface area contributed by atoms with Gasteiger partial charge in [0.1, 0.15) is 18.5 Å². The van der Waals surface area contributed by atoms with Gasteiger partial charge in [-0.1, -0.05) is 18.7 Å². The second kappa shape index (κ2) is 10.9. The topological polar surface area (TPSA) is 105 Å². The van der Waals surface area contributed by atoms with Gasteiger partial charge in [0.15, 0.2) is 6.10 Å².